The van der Waals surface area contributed by atoms with E-state index in [2.05, 4.69) is 10.6 Å². The quantitative estimate of drug-likeness (QED) is 0.0522. The van der Waals surface area contributed by atoms with E-state index in [1.54, 1.807) is 13.8 Å². The Balaban J connectivity index is 3.75. The number of carbonyl (C=O) groups is 4. The molecule has 0 spiro atoms. The second kappa shape index (κ2) is 31.1. The van der Waals surface area contributed by atoms with E-state index in [0.717, 1.165) is 51.6 Å². The van der Waals surface area contributed by atoms with Crippen molar-refractivity contribution in [1.82, 2.24) is 10.6 Å². The first-order valence-corrected chi connectivity index (χ1v) is 17.3. The maximum absolute atomic E-state index is 12.0. The van der Waals surface area contributed by atoms with Crippen LogP contribution in [0.3, 0.4) is 0 Å². The smallest absolute Gasteiger partial charge is 0.339 e. The SMILES string of the molecule is CNCCCCCCCCCCCC(=O)OC(=O)CO[C@H](C)[C@@H](C)OCC(=O)OC(=O)CCCCCCCCCCCNC. The summed E-state index contributed by atoms with van der Waals surface area (Å²) in [7, 11) is 3.96. The molecule has 0 rings (SSSR count). The fraction of sp³-hybridized carbons (Fsp3) is 0.882. The third kappa shape index (κ3) is 28.9. The standard InChI is InChI=1S/C34H64N2O8/c1-29(41-27-33(39)43-31(37)23-19-15-11-7-5-9-13-17-21-25-35-3)30(2)42-28-34(40)44-32(38)24-20-16-12-8-6-10-14-18-22-26-36-4/h29-30,35-36H,5-28H2,1-4H3/t29-,30-/m1/s1. The highest BCUT2D eigenvalue weighted by molar-refractivity contribution is 5.86. The summed E-state index contributed by atoms with van der Waals surface area (Å²) in [5.74, 6) is -2.59. The molecule has 0 aromatic carbocycles. The van der Waals surface area contributed by atoms with Gasteiger partial charge in [-0.2, -0.15) is 0 Å². The average Bonchev–Trinajstić information content (AvgIpc) is 3.00. The summed E-state index contributed by atoms with van der Waals surface area (Å²) in [6.45, 7) is 4.74. The average molecular weight is 629 g/mol. The Morgan fingerprint density at radius 1 is 0.432 bits per heavy atom. The van der Waals surface area contributed by atoms with E-state index in [9.17, 15) is 19.2 Å². The highest BCUT2D eigenvalue weighted by Gasteiger charge is 2.19. The molecule has 0 aliphatic heterocycles. The molecule has 44 heavy (non-hydrogen) atoms. The molecule has 0 unspecified atom stereocenters. The van der Waals surface area contributed by atoms with Crippen LogP contribution in [0.2, 0.25) is 0 Å². The first-order chi connectivity index (χ1) is 21.3. The van der Waals surface area contributed by atoms with Crippen molar-refractivity contribution in [2.45, 2.75) is 154 Å². The molecule has 0 saturated carbocycles. The van der Waals surface area contributed by atoms with Gasteiger partial charge in [0.05, 0.1) is 12.2 Å². The number of nitrogens with one attached hydrogen (secondary N) is 2. The predicted octanol–water partition coefficient (Wildman–Crippen LogP) is 6.18. The van der Waals surface area contributed by atoms with Crippen molar-refractivity contribution in [2.24, 2.45) is 0 Å². The van der Waals surface area contributed by atoms with Crippen molar-refractivity contribution in [3.05, 3.63) is 0 Å². The van der Waals surface area contributed by atoms with Crippen molar-refractivity contribution in [2.75, 3.05) is 40.4 Å². The summed E-state index contributed by atoms with van der Waals surface area (Å²) in [5.41, 5.74) is 0. The first-order valence-electron chi connectivity index (χ1n) is 17.3. The lowest BCUT2D eigenvalue weighted by Crippen LogP contribution is -2.31. The van der Waals surface area contributed by atoms with E-state index in [-0.39, 0.29) is 12.8 Å². The zero-order chi connectivity index (χ0) is 32.7. The second-order valence-electron chi connectivity index (χ2n) is 11.8. The van der Waals surface area contributed by atoms with Crippen LogP contribution in [0.1, 0.15) is 142 Å². The number of rotatable bonds is 31. The molecule has 258 valence electrons. The van der Waals surface area contributed by atoms with E-state index >= 15 is 0 Å². The van der Waals surface area contributed by atoms with Crippen LogP contribution >= 0.6 is 0 Å². The molecule has 0 radical (unpaired) electrons. The van der Waals surface area contributed by atoms with Gasteiger partial charge in [0, 0.05) is 12.8 Å². The molecule has 0 bridgehead atoms. The van der Waals surface area contributed by atoms with Crippen LogP contribution in [0.4, 0.5) is 0 Å². The minimum Gasteiger partial charge on any atom is -0.391 e. The normalized spacial score (nSPS) is 12.5. The Kier molecular flexibility index (Phi) is 29.8. The lowest BCUT2D eigenvalue weighted by Gasteiger charge is -2.20. The van der Waals surface area contributed by atoms with Gasteiger partial charge in [-0.1, -0.05) is 89.9 Å². The fourth-order valence-electron chi connectivity index (χ4n) is 4.70. The molecule has 0 heterocycles. The van der Waals surface area contributed by atoms with Gasteiger partial charge in [0.25, 0.3) is 0 Å². The molecule has 2 atom stereocenters. The van der Waals surface area contributed by atoms with Crippen molar-refractivity contribution >= 4 is 23.9 Å². The maximum Gasteiger partial charge on any atom is 0.339 e. The molecule has 0 aromatic rings. The zero-order valence-corrected chi connectivity index (χ0v) is 28.4. The Morgan fingerprint density at radius 2 is 0.705 bits per heavy atom. The van der Waals surface area contributed by atoms with Gasteiger partial charge in [-0.05, 0) is 66.7 Å². The summed E-state index contributed by atoms with van der Waals surface area (Å²) < 4.78 is 20.5. The van der Waals surface area contributed by atoms with Gasteiger partial charge in [-0.25, -0.2) is 9.59 Å². The van der Waals surface area contributed by atoms with Crippen molar-refractivity contribution in [1.29, 1.82) is 0 Å². The minimum atomic E-state index is -0.752. The second-order valence-corrected chi connectivity index (χ2v) is 11.8. The van der Waals surface area contributed by atoms with Crippen LogP contribution in [0.5, 0.6) is 0 Å². The van der Waals surface area contributed by atoms with E-state index in [1.807, 2.05) is 14.1 Å². The molecule has 0 saturated heterocycles. The van der Waals surface area contributed by atoms with Gasteiger partial charge in [-0.15, -0.1) is 0 Å². The summed E-state index contributed by atoms with van der Waals surface area (Å²) in [6, 6.07) is 0. The molecule has 0 aliphatic rings. The van der Waals surface area contributed by atoms with E-state index in [1.165, 1.54) is 64.2 Å². The Hall–Kier alpha value is -1.88. The van der Waals surface area contributed by atoms with Crippen LogP contribution in [-0.4, -0.2) is 76.5 Å². The third-order valence-electron chi connectivity index (χ3n) is 7.66. The summed E-state index contributed by atoms with van der Waals surface area (Å²) in [4.78, 5) is 47.8. The van der Waals surface area contributed by atoms with Gasteiger partial charge < -0.3 is 29.6 Å². The molecule has 0 amide bonds. The predicted molar refractivity (Wildman–Crippen MR) is 173 cm³/mol. The molecule has 0 aromatic heterocycles. The molecular weight excluding hydrogens is 564 g/mol. The number of hydrogen-bond donors (Lipinski definition) is 2. The number of carbonyl (C=O) groups excluding carboxylic acids is 4. The summed E-state index contributed by atoms with van der Waals surface area (Å²) in [5, 5.41) is 6.32. The summed E-state index contributed by atoms with van der Waals surface area (Å²) in [6.07, 6.45) is 19.6. The topological polar surface area (TPSA) is 129 Å². The monoisotopic (exact) mass is 628 g/mol. The molecular formula is C34H64N2O8. The van der Waals surface area contributed by atoms with Crippen LogP contribution in [0.15, 0.2) is 0 Å². The molecule has 2 N–H and O–H groups in total. The Morgan fingerprint density at radius 3 is 1.00 bits per heavy atom. The first kappa shape index (κ1) is 42.1. The number of hydrogen-bond acceptors (Lipinski definition) is 10. The molecule has 10 heteroatoms. The van der Waals surface area contributed by atoms with Gasteiger partial charge in [0.1, 0.15) is 13.2 Å². The van der Waals surface area contributed by atoms with Gasteiger partial charge in [-0.3, -0.25) is 9.59 Å². The van der Waals surface area contributed by atoms with Gasteiger partial charge in [0.15, 0.2) is 0 Å². The van der Waals surface area contributed by atoms with Gasteiger partial charge in [0.2, 0.25) is 0 Å². The Bertz CT molecular complexity index is 674. The highest BCUT2D eigenvalue weighted by Crippen LogP contribution is 2.12. The molecule has 0 fully saturated rings. The lowest BCUT2D eigenvalue weighted by molar-refractivity contribution is -0.170. The third-order valence-corrected chi connectivity index (χ3v) is 7.66. The van der Waals surface area contributed by atoms with E-state index in [4.69, 9.17) is 18.9 Å². The maximum atomic E-state index is 12.0. The summed E-state index contributed by atoms with van der Waals surface area (Å²) >= 11 is 0. The van der Waals surface area contributed by atoms with Gasteiger partial charge >= 0.3 is 23.9 Å². The number of unbranched alkanes of at least 4 members (excludes halogenated alkanes) is 16. The molecule has 0 aliphatic carbocycles. The Labute approximate surface area is 267 Å². The van der Waals surface area contributed by atoms with Crippen LogP contribution in [0, 0.1) is 0 Å². The van der Waals surface area contributed by atoms with Crippen molar-refractivity contribution < 1.29 is 38.1 Å². The lowest BCUT2D eigenvalue weighted by atomic mass is 10.1. The van der Waals surface area contributed by atoms with Crippen LogP contribution < -0.4 is 10.6 Å². The van der Waals surface area contributed by atoms with Crippen molar-refractivity contribution in [3.63, 3.8) is 0 Å². The van der Waals surface area contributed by atoms with E-state index < -0.39 is 49.3 Å². The van der Waals surface area contributed by atoms with E-state index in [0.29, 0.717) is 12.8 Å². The fourth-order valence-corrected chi connectivity index (χ4v) is 4.70. The largest absolute Gasteiger partial charge is 0.391 e. The zero-order valence-electron chi connectivity index (χ0n) is 28.4. The minimum absolute atomic E-state index is 0.212. The highest BCUT2D eigenvalue weighted by atomic mass is 16.6. The van der Waals surface area contributed by atoms with Crippen LogP contribution in [0.25, 0.3) is 0 Å². The molecule has 10 nitrogen and oxygen atoms in total. The number of esters is 4. The van der Waals surface area contributed by atoms with Crippen LogP contribution in [-0.2, 0) is 38.1 Å². The number of ether oxygens (including phenoxy) is 4. The van der Waals surface area contributed by atoms with Crippen molar-refractivity contribution in [3.8, 4) is 0 Å².